The first-order chi connectivity index (χ1) is 11.3. The molecular weight excluding hydrogens is 286 g/mol. The number of fused-ring (bicyclic) bond motifs is 1. The monoisotopic (exact) mass is 307 g/mol. The summed E-state index contributed by atoms with van der Waals surface area (Å²) in [5.74, 6) is 1.61. The highest BCUT2D eigenvalue weighted by atomic mass is 15.2. The number of piperidine rings is 1. The Morgan fingerprint density at radius 2 is 2.13 bits per heavy atom. The van der Waals surface area contributed by atoms with Gasteiger partial charge in [0.1, 0.15) is 5.82 Å². The van der Waals surface area contributed by atoms with Crippen LogP contribution >= 0.6 is 0 Å². The van der Waals surface area contributed by atoms with Crippen LogP contribution in [0, 0.1) is 0 Å². The number of likely N-dealkylation sites (tertiary alicyclic amines) is 1. The summed E-state index contributed by atoms with van der Waals surface area (Å²) in [6.07, 6.45) is 7.83. The third-order valence-corrected chi connectivity index (χ3v) is 4.75. The molecule has 0 N–H and O–H groups in total. The largest absolute Gasteiger partial charge is 0.330 e. The first-order valence-electron chi connectivity index (χ1n) is 8.20. The number of hydrogen-bond acceptors (Lipinski definition) is 4. The van der Waals surface area contributed by atoms with E-state index in [1.807, 2.05) is 12.3 Å². The Hall–Kier alpha value is -2.27. The number of hydrogen-bond donors (Lipinski definition) is 0. The highest BCUT2D eigenvalue weighted by Gasteiger charge is 2.23. The first-order valence-corrected chi connectivity index (χ1v) is 8.20. The molecule has 1 aromatic carbocycles. The van der Waals surface area contributed by atoms with E-state index >= 15 is 0 Å². The minimum Gasteiger partial charge on any atom is -0.330 e. The van der Waals surface area contributed by atoms with Crippen LogP contribution in [0.4, 0.5) is 0 Å². The van der Waals surface area contributed by atoms with E-state index in [2.05, 4.69) is 44.7 Å². The summed E-state index contributed by atoms with van der Waals surface area (Å²) in [5.41, 5.74) is 3.39. The summed E-state index contributed by atoms with van der Waals surface area (Å²) < 4.78 is 2.21. The smallest absolute Gasteiger partial charge is 0.123 e. The highest BCUT2D eigenvalue weighted by molar-refractivity contribution is 5.75. The number of para-hydroxylation sites is 2. The molecule has 0 unspecified atom stereocenters. The first kappa shape index (κ1) is 14.3. The van der Waals surface area contributed by atoms with Gasteiger partial charge < -0.3 is 4.57 Å². The van der Waals surface area contributed by atoms with Crippen LogP contribution in [0.25, 0.3) is 11.0 Å². The van der Waals surface area contributed by atoms with Gasteiger partial charge in [-0.1, -0.05) is 12.1 Å². The molecule has 5 nitrogen and oxygen atoms in total. The van der Waals surface area contributed by atoms with E-state index < -0.39 is 0 Å². The molecule has 1 fully saturated rings. The fraction of sp³-hybridized carbons (Fsp3) is 0.389. The van der Waals surface area contributed by atoms with E-state index in [1.165, 1.54) is 18.4 Å². The summed E-state index contributed by atoms with van der Waals surface area (Å²) in [6.45, 7) is 3.05. The van der Waals surface area contributed by atoms with Crippen LogP contribution in [0.1, 0.15) is 30.3 Å². The molecule has 0 bridgehead atoms. The Balaban J connectivity index is 1.53. The molecule has 0 saturated carbocycles. The van der Waals surface area contributed by atoms with Crippen molar-refractivity contribution in [2.24, 2.45) is 7.05 Å². The SMILES string of the molecule is Cn1c(CN2CCC[C@@H](c3cnccn3)C2)nc2ccccc21. The molecule has 0 aliphatic carbocycles. The Labute approximate surface area is 136 Å². The number of imidazole rings is 1. The summed E-state index contributed by atoms with van der Waals surface area (Å²) in [4.78, 5) is 16.0. The molecule has 4 rings (SSSR count). The van der Waals surface area contributed by atoms with Gasteiger partial charge in [0.05, 0.1) is 23.3 Å². The summed E-state index contributed by atoms with van der Waals surface area (Å²) in [7, 11) is 2.11. The number of nitrogens with zero attached hydrogens (tertiary/aromatic N) is 5. The molecule has 1 atom stereocenters. The van der Waals surface area contributed by atoms with Gasteiger partial charge >= 0.3 is 0 Å². The van der Waals surface area contributed by atoms with Gasteiger partial charge in [0, 0.05) is 38.1 Å². The maximum Gasteiger partial charge on any atom is 0.123 e. The predicted octanol–water partition coefficient (Wildman–Crippen LogP) is 2.74. The van der Waals surface area contributed by atoms with Gasteiger partial charge in [-0.2, -0.15) is 0 Å². The topological polar surface area (TPSA) is 46.8 Å². The number of rotatable bonds is 3. The van der Waals surface area contributed by atoms with Crippen LogP contribution in [-0.2, 0) is 13.6 Å². The van der Waals surface area contributed by atoms with Crippen LogP contribution in [0.3, 0.4) is 0 Å². The van der Waals surface area contributed by atoms with Crippen LogP contribution in [0.2, 0.25) is 0 Å². The van der Waals surface area contributed by atoms with Crippen molar-refractivity contribution in [3.8, 4) is 0 Å². The third-order valence-electron chi connectivity index (χ3n) is 4.75. The molecule has 1 aliphatic rings. The van der Waals surface area contributed by atoms with E-state index in [0.29, 0.717) is 5.92 Å². The van der Waals surface area contributed by atoms with Gasteiger partial charge in [-0.3, -0.25) is 14.9 Å². The third kappa shape index (κ3) is 2.84. The zero-order valence-electron chi connectivity index (χ0n) is 13.4. The second-order valence-corrected chi connectivity index (χ2v) is 6.28. The van der Waals surface area contributed by atoms with E-state index in [0.717, 1.165) is 36.7 Å². The Kier molecular flexibility index (Phi) is 3.79. The number of aryl methyl sites for hydroxylation is 1. The summed E-state index contributed by atoms with van der Waals surface area (Å²) in [6, 6.07) is 8.32. The molecule has 1 saturated heterocycles. The fourth-order valence-electron chi connectivity index (χ4n) is 3.50. The van der Waals surface area contributed by atoms with Gasteiger partial charge in [-0.05, 0) is 31.5 Å². The van der Waals surface area contributed by atoms with Crippen molar-refractivity contribution in [3.05, 3.63) is 54.4 Å². The van der Waals surface area contributed by atoms with Gasteiger partial charge in [-0.25, -0.2) is 4.98 Å². The van der Waals surface area contributed by atoms with Gasteiger partial charge in [0.2, 0.25) is 0 Å². The molecule has 5 heteroatoms. The lowest BCUT2D eigenvalue weighted by Crippen LogP contribution is -2.35. The lowest BCUT2D eigenvalue weighted by molar-refractivity contribution is 0.192. The second kappa shape index (κ2) is 6.08. The molecule has 23 heavy (non-hydrogen) atoms. The highest BCUT2D eigenvalue weighted by Crippen LogP contribution is 2.26. The average Bonchev–Trinajstić information content (AvgIpc) is 2.92. The molecule has 118 valence electrons. The molecule has 3 aromatic rings. The van der Waals surface area contributed by atoms with Crippen molar-refractivity contribution in [2.45, 2.75) is 25.3 Å². The molecule has 3 heterocycles. The molecular formula is C18H21N5. The number of benzene rings is 1. The minimum atomic E-state index is 0.479. The maximum atomic E-state index is 4.80. The van der Waals surface area contributed by atoms with Gasteiger partial charge in [0.25, 0.3) is 0 Å². The van der Waals surface area contributed by atoms with Crippen LogP contribution in [-0.4, -0.2) is 37.5 Å². The average molecular weight is 307 g/mol. The van der Waals surface area contributed by atoms with Gasteiger partial charge in [-0.15, -0.1) is 0 Å². The molecule has 0 radical (unpaired) electrons. The number of aromatic nitrogens is 4. The minimum absolute atomic E-state index is 0.479. The van der Waals surface area contributed by atoms with E-state index in [-0.39, 0.29) is 0 Å². The lowest BCUT2D eigenvalue weighted by Gasteiger charge is -2.31. The predicted molar refractivity (Wildman–Crippen MR) is 90.0 cm³/mol. The van der Waals surface area contributed by atoms with Crippen molar-refractivity contribution in [1.29, 1.82) is 0 Å². The fourth-order valence-corrected chi connectivity index (χ4v) is 3.50. The summed E-state index contributed by atoms with van der Waals surface area (Å²) >= 11 is 0. The van der Waals surface area contributed by atoms with Crippen LogP contribution in [0.5, 0.6) is 0 Å². The summed E-state index contributed by atoms with van der Waals surface area (Å²) in [5, 5.41) is 0. The molecule has 0 amide bonds. The second-order valence-electron chi connectivity index (χ2n) is 6.28. The van der Waals surface area contributed by atoms with Crippen molar-refractivity contribution in [2.75, 3.05) is 13.1 Å². The van der Waals surface area contributed by atoms with Crippen molar-refractivity contribution >= 4 is 11.0 Å². The van der Waals surface area contributed by atoms with E-state index in [1.54, 1.807) is 12.4 Å². The Bertz CT molecular complexity index is 796. The van der Waals surface area contributed by atoms with Crippen molar-refractivity contribution in [3.63, 3.8) is 0 Å². The molecule has 1 aliphatic heterocycles. The standard InChI is InChI=1S/C18H21N5/c1-22-17-7-3-2-6-15(17)21-18(22)13-23-10-4-5-14(12-23)16-11-19-8-9-20-16/h2-3,6-9,11,14H,4-5,10,12-13H2,1H3/t14-/m1/s1. The van der Waals surface area contributed by atoms with Crippen LogP contribution in [0.15, 0.2) is 42.9 Å². The van der Waals surface area contributed by atoms with E-state index in [4.69, 9.17) is 4.98 Å². The lowest BCUT2D eigenvalue weighted by atomic mass is 9.95. The van der Waals surface area contributed by atoms with Crippen molar-refractivity contribution < 1.29 is 0 Å². The van der Waals surface area contributed by atoms with Gasteiger partial charge in [0.15, 0.2) is 0 Å². The zero-order chi connectivity index (χ0) is 15.6. The maximum absolute atomic E-state index is 4.80. The van der Waals surface area contributed by atoms with E-state index in [9.17, 15) is 0 Å². The quantitative estimate of drug-likeness (QED) is 0.746. The van der Waals surface area contributed by atoms with Crippen LogP contribution < -0.4 is 0 Å². The normalized spacial score (nSPS) is 19.3. The zero-order valence-corrected chi connectivity index (χ0v) is 13.4. The molecule has 0 spiro atoms. The Morgan fingerprint density at radius 3 is 2.96 bits per heavy atom. The Morgan fingerprint density at radius 1 is 1.22 bits per heavy atom. The van der Waals surface area contributed by atoms with Crippen molar-refractivity contribution in [1.82, 2.24) is 24.4 Å². The molecule has 2 aromatic heterocycles.